The first-order chi connectivity index (χ1) is 10.6. The van der Waals surface area contributed by atoms with E-state index in [-0.39, 0.29) is 23.3 Å². The lowest BCUT2D eigenvalue weighted by Crippen LogP contribution is -2.52. The summed E-state index contributed by atoms with van der Waals surface area (Å²) in [4.78, 5) is 14.5. The third-order valence-electron chi connectivity index (χ3n) is 4.89. The van der Waals surface area contributed by atoms with Crippen LogP contribution < -0.4 is 5.32 Å². The van der Waals surface area contributed by atoms with E-state index < -0.39 is 0 Å². The van der Waals surface area contributed by atoms with Gasteiger partial charge in [0.1, 0.15) is 0 Å². The van der Waals surface area contributed by atoms with Crippen LogP contribution in [0.2, 0.25) is 5.22 Å². The number of halogens is 1. The molecular weight excluding hydrogens is 304 g/mol. The van der Waals surface area contributed by atoms with Crippen LogP contribution in [-0.2, 0) is 0 Å². The summed E-state index contributed by atoms with van der Waals surface area (Å²) in [7, 11) is 0. The van der Waals surface area contributed by atoms with E-state index in [0.717, 1.165) is 45.2 Å². The monoisotopic (exact) mass is 326 g/mol. The zero-order valence-electron chi connectivity index (χ0n) is 12.6. The Kier molecular flexibility index (Phi) is 5.06. The molecule has 0 spiro atoms. The highest BCUT2D eigenvalue weighted by molar-refractivity contribution is 6.32. The summed E-state index contributed by atoms with van der Waals surface area (Å²) >= 11 is 5.83. The maximum absolute atomic E-state index is 12.1. The van der Waals surface area contributed by atoms with Gasteiger partial charge in [-0.25, -0.2) is 0 Å². The summed E-state index contributed by atoms with van der Waals surface area (Å²) in [6, 6.07) is 2.05. The largest absolute Gasteiger partial charge is 0.452 e. The Morgan fingerprint density at radius 1 is 1.27 bits per heavy atom. The fourth-order valence-electron chi connectivity index (χ4n) is 3.61. The summed E-state index contributed by atoms with van der Waals surface area (Å²) in [6.07, 6.45) is 7.39. The third-order valence-corrected chi connectivity index (χ3v) is 5.18. The van der Waals surface area contributed by atoms with Crippen molar-refractivity contribution in [1.29, 1.82) is 0 Å². The molecule has 2 N–H and O–H groups in total. The van der Waals surface area contributed by atoms with Gasteiger partial charge in [-0.15, -0.1) is 0 Å². The normalized spacial score (nSPS) is 27.7. The highest BCUT2D eigenvalue weighted by atomic mass is 35.5. The maximum Gasteiger partial charge on any atom is 0.256 e. The van der Waals surface area contributed by atoms with Crippen molar-refractivity contribution in [2.45, 2.75) is 56.7 Å². The molecule has 3 rings (SSSR count). The van der Waals surface area contributed by atoms with Crippen LogP contribution in [0.15, 0.2) is 16.7 Å². The summed E-state index contributed by atoms with van der Waals surface area (Å²) in [5.41, 5.74) is 0.395. The summed E-state index contributed by atoms with van der Waals surface area (Å²) in [6.45, 7) is 1.84. The number of likely N-dealkylation sites (tertiary alicyclic amines) is 1. The number of hydrogen-bond donors (Lipinski definition) is 2. The van der Waals surface area contributed by atoms with E-state index in [1.165, 1.54) is 12.7 Å². The third kappa shape index (κ3) is 3.47. The summed E-state index contributed by atoms with van der Waals surface area (Å²) in [5, 5.41) is 13.3. The quantitative estimate of drug-likeness (QED) is 0.895. The van der Waals surface area contributed by atoms with E-state index in [1.54, 1.807) is 6.07 Å². The highest BCUT2D eigenvalue weighted by Crippen LogP contribution is 2.26. The van der Waals surface area contributed by atoms with Gasteiger partial charge in [-0.2, -0.15) is 0 Å². The number of amides is 1. The molecule has 2 aliphatic rings. The van der Waals surface area contributed by atoms with Crippen LogP contribution >= 0.6 is 11.6 Å². The number of carbonyl (C=O) groups excluding carboxylic acids is 1. The second kappa shape index (κ2) is 7.02. The van der Waals surface area contributed by atoms with Gasteiger partial charge in [0.2, 0.25) is 5.22 Å². The van der Waals surface area contributed by atoms with Crippen molar-refractivity contribution in [3.63, 3.8) is 0 Å². The van der Waals surface area contributed by atoms with E-state index in [2.05, 4.69) is 10.2 Å². The Morgan fingerprint density at radius 3 is 2.64 bits per heavy atom. The van der Waals surface area contributed by atoms with E-state index in [1.807, 2.05) is 0 Å². The van der Waals surface area contributed by atoms with E-state index in [0.29, 0.717) is 11.6 Å². The predicted octanol–water partition coefficient (Wildman–Crippen LogP) is 2.43. The molecule has 2 fully saturated rings. The van der Waals surface area contributed by atoms with Gasteiger partial charge in [0.15, 0.2) is 0 Å². The van der Waals surface area contributed by atoms with Gasteiger partial charge in [-0.1, -0.05) is 12.8 Å². The molecule has 0 radical (unpaired) electrons. The van der Waals surface area contributed by atoms with Gasteiger partial charge in [-0.3, -0.25) is 9.69 Å². The zero-order chi connectivity index (χ0) is 15.5. The molecule has 1 amide bonds. The SMILES string of the molecule is O=C(NC1CCN(C2CCCCC2O)CC1)c1ccoc1Cl. The Balaban J connectivity index is 1.49. The van der Waals surface area contributed by atoms with Crippen molar-refractivity contribution in [3.05, 3.63) is 23.1 Å². The average molecular weight is 327 g/mol. The first-order valence-corrected chi connectivity index (χ1v) is 8.49. The van der Waals surface area contributed by atoms with Gasteiger partial charge >= 0.3 is 0 Å². The lowest BCUT2D eigenvalue weighted by atomic mass is 9.89. The Labute approximate surface area is 135 Å². The van der Waals surface area contributed by atoms with Crippen LogP contribution in [0, 0.1) is 0 Å². The number of nitrogens with one attached hydrogen (secondary N) is 1. The number of aliphatic hydroxyl groups excluding tert-OH is 1. The molecule has 5 nitrogen and oxygen atoms in total. The van der Waals surface area contributed by atoms with Crippen molar-refractivity contribution in [1.82, 2.24) is 10.2 Å². The molecule has 1 aromatic heterocycles. The van der Waals surface area contributed by atoms with Crippen molar-refractivity contribution in [2.24, 2.45) is 0 Å². The molecule has 2 heterocycles. The first kappa shape index (κ1) is 15.8. The van der Waals surface area contributed by atoms with Crippen LogP contribution in [0.1, 0.15) is 48.9 Å². The van der Waals surface area contributed by atoms with Gasteiger partial charge in [0, 0.05) is 25.2 Å². The molecule has 2 unspecified atom stereocenters. The van der Waals surface area contributed by atoms with Gasteiger partial charge < -0.3 is 14.8 Å². The lowest BCUT2D eigenvalue weighted by molar-refractivity contribution is 0.00727. The molecule has 2 atom stereocenters. The van der Waals surface area contributed by atoms with Crippen LogP contribution in [0.4, 0.5) is 0 Å². The topological polar surface area (TPSA) is 65.7 Å². The minimum Gasteiger partial charge on any atom is -0.452 e. The van der Waals surface area contributed by atoms with Crippen molar-refractivity contribution in [2.75, 3.05) is 13.1 Å². The van der Waals surface area contributed by atoms with Crippen molar-refractivity contribution in [3.8, 4) is 0 Å². The molecule has 22 heavy (non-hydrogen) atoms. The van der Waals surface area contributed by atoms with Crippen LogP contribution in [0.3, 0.4) is 0 Å². The number of carbonyl (C=O) groups is 1. The Bertz CT molecular complexity index is 511. The molecule has 1 saturated carbocycles. The maximum atomic E-state index is 12.1. The van der Waals surface area contributed by atoms with Gasteiger partial charge in [-0.05, 0) is 43.4 Å². The number of piperidine rings is 1. The molecule has 1 aliphatic carbocycles. The van der Waals surface area contributed by atoms with Crippen molar-refractivity contribution >= 4 is 17.5 Å². The fraction of sp³-hybridized carbons (Fsp3) is 0.688. The Morgan fingerprint density at radius 2 is 2.00 bits per heavy atom. The smallest absolute Gasteiger partial charge is 0.256 e. The summed E-state index contributed by atoms with van der Waals surface area (Å²) < 4.78 is 4.95. The molecular formula is C16H23ClN2O3. The van der Waals surface area contributed by atoms with E-state index in [9.17, 15) is 9.90 Å². The molecule has 1 aromatic rings. The van der Waals surface area contributed by atoms with Crippen LogP contribution in [0.5, 0.6) is 0 Å². The fourth-order valence-corrected chi connectivity index (χ4v) is 3.81. The standard InChI is InChI=1S/C16H23ClN2O3/c17-15-12(7-10-22-15)16(21)18-11-5-8-19(9-6-11)13-3-1-2-4-14(13)20/h7,10-11,13-14,20H,1-6,8-9H2,(H,18,21). The van der Waals surface area contributed by atoms with Gasteiger partial charge in [0.25, 0.3) is 5.91 Å². The molecule has 6 heteroatoms. The number of nitrogens with zero attached hydrogens (tertiary/aromatic N) is 1. The van der Waals surface area contributed by atoms with E-state index in [4.69, 9.17) is 16.0 Å². The number of hydrogen-bond acceptors (Lipinski definition) is 4. The number of rotatable bonds is 3. The minimum absolute atomic E-state index is 0.139. The first-order valence-electron chi connectivity index (χ1n) is 8.11. The molecule has 122 valence electrons. The lowest BCUT2D eigenvalue weighted by Gasteiger charge is -2.41. The Hall–Kier alpha value is -1.04. The number of aliphatic hydroxyl groups is 1. The van der Waals surface area contributed by atoms with Crippen molar-refractivity contribution < 1.29 is 14.3 Å². The summed E-state index contributed by atoms with van der Waals surface area (Å²) in [5.74, 6) is -0.171. The molecule has 0 bridgehead atoms. The van der Waals surface area contributed by atoms with Gasteiger partial charge in [0.05, 0.1) is 17.9 Å². The second-order valence-corrected chi connectivity index (χ2v) is 6.65. The minimum atomic E-state index is -0.190. The predicted molar refractivity (Wildman–Crippen MR) is 84.0 cm³/mol. The second-order valence-electron chi connectivity index (χ2n) is 6.31. The molecule has 1 saturated heterocycles. The van der Waals surface area contributed by atoms with Crippen LogP contribution in [-0.4, -0.2) is 47.2 Å². The zero-order valence-corrected chi connectivity index (χ0v) is 13.4. The van der Waals surface area contributed by atoms with Crippen LogP contribution in [0.25, 0.3) is 0 Å². The van der Waals surface area contributed by atoms with E-state index >= 15 is 0 Å². The molecule has 1 aliphatic heterocycles. The number of furan rings is 1. The highest BCUT2D eigenvalue weighted by Gasteiger charge is 2.32. The average Bonchev–Trinajstić information content (AvgIpc) is 2.95. The molecule has 0 aromatic carbocycles.